The molecule has 2 aromatic heterocycles. The molecule has 42 heavy (non-hydrogen) atoms. The van der Waals surface area contributed by atoms with Crippen molar-refractivity contribution in [3.05, 3.63) is 83.7 Å². The first-order valence-electron chi connectivity index (χ1n) is 12.7. The van der Waals surface area contributed by atoms with Gasteiger partial charge in [0.05, 0.1) is 11.1 Å². The highest BCUT2D eigenvalue weighted by atomic mass is 19.4. The molecule has 8 nitrogen and oxygen atoms in total. The molecule has 0 N–H and O–H groups in total. The predicted molar refractivity (Wildman–Crippen MR) is 137 cm³/mol. The number of benzene rings is 2. The summed E-state index contributed by atoms with van der Waals surface area (Å²) in [4.78, 5) is 25.3. The van der Waals surface area contributed by atoms with Gasteiger partial charge in [0.15, 0.2) is 6.61 Å². The lowest BCUT2D eigenvalue weighted by Gasteiger charge is -2.34. The fourth-order valence-electron chi connectivity index (χ4n) is 4.30. The Morgan fingerprint density at radius 2 is 1.52 bits per heavy atom. The maximum Gasteiger partial charge on any atom is 0.422 e. The Bertz CT molecular complexity index is 1500. The normalized spacial score (nSPS) is 14.7. The van der Waals surface area contributed by atoms with E-state index in [1.807, 2.05) is 0 Å². The molecule has 0 atom stereocenters. The van der Waals surface area contributed by atoms with Gasteiger partial charge in [-0.2, -0.15) is 31.3 Å². The zero-order chi connectivity index (χ0) is 29.9. The summed E-state index contributed by atoms with van der Waals surface area (Å²) < 4.78 is 85.3. The number of halogens is 6. The third kappa shape index (κ3) is 7.24. The molecular weight excluding hydrogens is 568 g/mol. The van der Waals surface area contributed by atoms with E-state index >= 15 is 0 Å². The zero-order valence-electron chi connectivity index (χ0n) is 21.8. The fraction of sp³-hybridized carbons (Fsp3) is 0.286. The van der Waals surface area contributed by atoms with E-state index in [0.717, 1.165) is 17.7 Å². The first-order valence-corrected chi connectivity index (χ1v) is 12.7. The van der Waals surface area contributed by atoms with Crippen molar-refractivity contribution in [2.75, 3.05) is 32.8 Å². The summed E-state index contributed by atoms with van der Waals surface area (Å²) in [6.07, 6.45) is -7.43. The van der Waals surface area contributed by atoms with Crippen molar-refractivity contribution in [1.82, 2.24) is 24.9 Å². The van der Waals surface area contributed by atoms with Gasteiger partial charge in [-0.3, -0.25) is 14.7 Å². The smallest absolute Gasteiger partial charge is 0.422 e. The second-order valence-electron chi connectivity index (χ2n) is 9.55. The predicted octanol–water partition coefficient (Wildman–Crippen LogP) is 5.72. The number of carbonyl (C=O) groups is 1. The van der Waals surface area contributed by atoms with Gasteiger partial charge < -0.3 is 14.2 Å². The summed E-state index contributed by atoms with van der Waals surface area (Å²) in [7, 11) is 0. The van der Waals surface area contributed by atoms with Crippen molar-refractivity contribution in [1.29, 1.82) is 0 Å². The number of amides is 1. The summed E-state index contributed by atoms with van der Waals surface area (Å²) in [5.74, 6) is 0.111. The van der Waals surface area contributed by atoms with E-state index in [0.29, 0.717) is 43.9 Å². The van der Waals surface area contributed by atoms with Crippen LogP contribution in [0.4, 0.5) is 26.3 Å². The minimum atomic E-state index is -4.45. The van der Waals surface area contributed by atoms with Gasteiger partial charge in [-0.25, -0.2) is 0 Å². The first kappa shape index (κ1) is 29.0. The summed E-state index contributed by atoms with van der Waals surface area (Å²) in [6, 6.07) is 13.9. The maximum atomic E-state index is 13.0. The van der Waals surface area contributed by atoms with Crippen LogP contribution in [-0.2, 0) is 12.7 Å². The Morgan fingerprint density at radius 3 is 2.12 bits per heavy atom. The van der Waals surface area contributed by atoms with Crippen molar-refractivity contribution in [2.24, 2.45) is 0 Å². The molecule has 220 valence electrons. The Balaban J connectivity index is 1.13. The molecular formula is C28H23F6N5O3. The second-order valence-corrected chi connectivity index (χ2v) is 9.55. The summed E-state index contributed by atoms with van der Waals surface area (Å²) in [5.41, 5.74) is 1.14. The molecule has 3 heterocycles. The summed E-state index contributed by atoms with van der Waals surface area (Å²) in [6.45, 7) is 1.37. The molecule has 4 aromatic rings. The van der Waals surface area contributed by atoms with Crippen LogP contribution in [0.2, 0.25) is 0 Å². The summed E-state index contributed by atoms with van der Waals surface area (Å²) >= 11 is 0. The molecule has 0 radical (unpaired) electrons. The Hall–Kier alpha value is -4.46. The number of ether oxygens (including phenoxy) is 1. The van der Waals surface area contributed by atoms with Gasteiger partial charge in [-0.15, -0.1) is 0 Å². The third-order valence-corrected chi connectivity index (χ3v) is 6.52. The van der Waals surface area contributed by atoms with Crippen LogP contribution >= 0.6 is 0 Å². The largest absolute Gasteiger partial charge is 0.484 e. The fourth-order valence-corrected chi connectivity index (χ4v) is 4.30. The Kier molecular flexibility index (Phi) is 8.16. The van der Waals surface area contributed by atoms with E-state index in [9.17, 15) is 31.1 Å². The van der Waals surface area contributed by atoms with Crippen molar-refractivity contribution >= 4 is 5.91 Å². The average molecular weight is 592 g/mol. The number of carbonyl (C=O) groups excluding carboxylic acids is 1. The van der Waals surface area contributed by atoms with Crippen molar-refractivity contribution in [3.8, 4) is 28.6 Å². The molecule has 2 aromatic carbocycles. The molecule has 0 saturated carbocycles. The van der Waals surface area contributed by atoms with E-state index in [1.165, 1.54) is 36.5 Å². The molecule has 5 rings (SSSR count). The first-order chi connectivity index (χ1) is 19.9. The van der Waals surface area contributed by atoms with Gasteiger partial charge >= 0.3 is 12.4 Å². The Labute approximate surface area is 235 Å². The monoisotopic (exact) mass is 591 g/mol. The van der Waals surface area contributed by atoms with Crippen molar-refractivity contribution in [2.45, 2.75) is 18.9 Å². The minimum Gasteiger partial charge on any atom is -0.484 e. The Morgan fingerprint density at radius 1 is 0.857 bits per heavy atom. The lowest BCUT2D eigenvalue weighted by atomic mass is 10.1. The summed E-state index contributed by atoms with van der Waals surface area (Å²) in [5, 5.41) is 3.82. The van der Waals surface area contributed by atoms with Crippen molar-refractivity contribution in [3.63, 3.8) is 0 Å². The van der Waals surface area contributed by atoms with Crippen LogP contribution in [0.15, 0.2) is 71.4 Å². The number of pyridine rings is 1. The van der Waals surface area contributed by atoms with Crippen LogP contribution in [-0.4, -0.2) is 69.8 Å². The van der Waals surface area contributed by atoms with Gasteiger partial charge in [0.25, 0.3) is 11.8 Å². The van der Waals surface area contributed by atoms with Crippen LogP contribution in [0.5, 0.6) is 5.75 Å². The lowest BCUT2D eigenvalue weighted by molar-refractivity contribution is -0.153. The van der Waals surface area contributed by atoms with Crippen molar-refractivity contribution < 1.29 is 40.4 Å². The molecule has 0 bridgehead atoms. The molecule has 14 heteroatoms. The lowest BCUT2D eigenvalue weighted by Crippen LogP contribution is -2.48. The number of alkyl halides is 6. The van der Waals surface area contributed by atoms with E-state index in [1.54, 1.807) is 23.1 Å². The van der Waals surface area contributed by atoms with Crippen LogP contribution in [0.25, 0.3) is 22.8 Å². The van der Waals surface area contributed by atoms with E-state index in [4.69, 9.17) is 9.26 Å². The topological polar surface area (TPSA) is 84.6 Å². The maximum absolute atomic E-state index is 13.0. The molecule has 1 aliphatic heterocycles. The number of piperazine rings is 1. The van der Waals surface area contributed by atoms with Crippen LogP contribution < -0.4 is 4.74 Å². The van der Waals surface area contributed by atoms with Crippen LogP contribution in [0, 0.1) is 0 Å². The highest BCUT2D eigenvalue weighted by molar-refractivity contribution is 5.92. The van der Waals surface area contributed by atoms with Gasteiger partial charge in [0.2, 0.25) is 5.82 Å². The van der Waals surface area contributed by atoms with Gasteiger partial charge in [-0.1, -0.05) is 29.4 Å². The van der Waals surface area contributed by atoms with E-state index in [-0.39, 0.29) is 29.1 Å². The molecule has 0 unspecified atom stereocenters. The van der Waals surface area contributed by atoms with Crippen LogP contribution in [0.3, 0.4) is 0 Å². The molecule has 1 aliphatic rings. The number of aromatic nitrogens is 3. The van der Waals surface area contributed by atoms with Gasteiger partial charge in [-0.05, 0) is 42.0 Å². The zero-order valence-corrected chi connectivity index (χ0v) is 21.8. The standard InChI is InChI=1S/C28H23F6N5O3/c29-27(30,31)17-41-22-8-1-18(2-9-22)16-38-11-13-39(14-12-38)26(40)23-10-5-20(15-35-23)25-36-24(37-42-25)19-3-6-21(7-4-19)28(32,33)34/h1-10,15H,11-14,16-17H2. The molecule has 1 saturated heterocycles. The molecule has 0 spiro atoms. The van der Waals surface area contributed by atoms with E-state index < -0.39 is 24.5 Å². The second kappa shape index (κ2) is 11.8. The molecule has 1 fully saturated rings. The highest BCUT2D eigenvalue weighted by Crippen LogP contribution is 2.31. The number of rotatable bonds is 7. The average Bonchev–Trinajstić information content (AvgIpc) is 3.47. The highest BCUT2D eigenvalue weighted by Gasteiger charge is 2.30. The van der Waals surface area contributed by atoms with Crippen LogP contribution in [0.1, 0.15) is 21.6 Å². The van der Waals surface area contributed by atoms with E-state index in [2.05, 4.69) is 20.0 Å². The molecule has 1 amide bonds. The SMILES string of the molecule is O=C(c1ccc(-c2nc(-c3ccc(C(F)(F)F)cc3)no2)cn1)N1CCN(Cc2ccc(OCC(F)(F)F)cc2)CC1. The number of nitrogens with zero attached hydrogens (tertiary/aromatic N) is 5. The number of hydrogen-bond donors (Lipinski definition) is 0. The minimum absolute atomic E-state index is 0.102. The van der Waals surface area contributed by atoms with Gasteiger partial charge in [0.1, 0.15) is 11.4 Å². The third-order valence-electron chi connectivity index (χ3n) is 6.52. The van der Waals surface area contributed by atoms with Gasteiger partial charge in [0, 0.05) is 44.5 Å². The quantitative estimate of drug-likeness (QED) is 0.255. The molecule has 0 aliphatic carbocycles. The number of hydrogen-bond acceptors (Lipinski definition) is 7.